The third kappa shape index (κ3) is 3.54. The largest absolute Gasteiger partial charge is 0.378 e. The van der Waals surface area contributed by atoms with Crippen LogP contribution in [0.25, 0.3) is 11.3 Å². The zero-order valence-electron chi connectivity index (χ0n) is 14.8. The fourth-order valence-corrected chi connectivity index (χ4v) is 3.13. The van der Waals surface area contributed by atoms with Gasteiger partial charge in [-0.1, -0.05) is 0 Å². The lowest BCUT2D eigenvalue weighted by Gasteiger charge is -2.27. The molecule has 4 heterocycles. The summed E-state index contributed by atoms with van der Waals surface area (Å²) in [7, 11) is 0. The maximum Gasteiger partial charge on any atom is 0.252 e. The molecule has 2 aliphatic rings. The number of aromatic nitrogens is 4. The van der Waals surface area contributed by atoms with Crippen molar-refractivity contribution in [1.29, 1.82) is 0 Å². The van der Waals surface area contributed by atoms with Gasteiger partial charge in [0.2, 0.25) is 11.9 Å². The van der Waals surface area contributed by atoms with Crippen LogP contribution in [0.4, 0.5) is 11.9 Å². The van der Waals surface area contributed by atoms with E-state index >= 15 is 0 Å². The highest BCUT2D eigenvalue weighted by Gasteiger charge is 2.18. The van der Waals surface area contributed by atoms with Crippen LogP contribution in [0.1, 0.15) is 5.69 Å². The van der Waals surface area contributed by atoms with E-state index in [1.165, 1.54) is 6.07 Å². The molecule has 9 heteroatoms. The molecule has 0 aliphatic carbocycles. The van der Waals surface area contributed by atoms with Gasteiger partial charge in [-0.3, -0.25) is 9.78 Å². The highest BCUT2D eigenvalue weighted by molar-refractivity contribution is 5.62. The number of nitrogens with zero attached hydrogens (tertiary/aromatic N) is 5. The monoisotopic (exact) mass is 358 g/mol. The molecule has 0 unspecified atom stereocenters. The Morgan fingerprint density at radius 1 is 1.00 bits per heavy atom. The maximum absolute atomic E-state index is 12.1. The zero-order chi connectivity index (χ0) is 17.9. The second kappa shape index (κ2) is 7.38. The highest BCUT2D eigenvalue weighted by Crippen LogP contribution is 2.22. The number of ether oxygens (including phenoxy) is 2. The molecule has 0 spiro atoms. The van der Waals surface area contributed by atoms with Crippen molar-refractivity contribution in [1.82, 2.24) is 19.9 Å². The van der Waals surface area contributed by atoms with Crippen LogP contribution in [0.15, 0.2) is 17.1 Å². The summed E-state index contributed by atoms with van der Waals surface area (Å²) >= 11 is 0. The second-order valence-electron chi connectivity index (χ2n) is 6.32. The van der Waals surface area contributed by atoms with Crippen molar-refractivity contribution >= 4 is 11.9 Å². The Hall–Kier alpha value is -2.52. The fourth-order valence-electron chi connectivity index (χ4n) is 3.13. The predicted molar refractivity (Wildman–Crippen MR) is 96.7 cm³/mol. The van der Waals surface area contributed by atoms with E-state index < -0.39 is 0 Å². The SMILES string of the molecule is Cc1nc(N2CCOCC2)ncc1-c1cc(=O)[nH]c(N2CCOCC2)n1. The minimum absolute atomic E-state index is 0.187. The third-order valence-electron chi connectivity index (χ3n) is 4.58. The molecule has 26 heavy (non-hydrogen) atoms. The lowest BCUT2D eigenvalue weighted by molar-refractivity contribution is 0.122. The van der Waals surface area contributed by atoms with Crippen LogP contribution in [0.5, 0.6) is 0 Å². The van der Waals surface area contributed by atoms with Gasteiger partial charge < -0.3 is 19.3 Å². The van der Waals surface area contributed by atoms with E-state index in [1.54, 1.807) is 6.20 Å². The van der Waals surface area contributed by atoms with Crippen LogP contribution < -0.4 is 15.4 Å². The van der Waals surface area contributed by atoms with Crippen molar-refractivity contribution in [2.24, 2.45) is 0 Å². The number of aryl methyl sites for hydroxylation is 1. The van der Waals surface area contributed by atoms with Gasteiger partial charge in [-0.25, -0.2) is 15.0 Å². The summed E-state index contributed by atoms with van der Waals surface area (Å²) in [6.45, 7) is 7.51. The first-order valence-electron chi connectivity index (χ1n) is 8.81. The molecule has 4 rings (SSSR count). The summed E-state index contributed by atoms with van der Waals surface area (Å²) < 4.78 is 10.7. The molecule has 9 nitrogen and oxygen atoms in total. The quantitative estimate of drug-likeness (QED) is 0.832. The van der Waals surface area contributed by atoms with Crippen LogP contribution in [0.2, 0.25) is 0 Å². The van der Waals surface area contributed by atoms with E-state index in [0.29, 0.717) is 57.1 Å². The van der Waals surface area contributed by atoms with E-state index in [-0.39, 0.29) is 5.56 Å². The van der Waals surface area contributed by atoms with Gasteiger partial charge in [-0.2, -0.15) is 0 Å². The average Bonchev–Trinajstić information content (AvgIpc) is 2.69. The molecule has 138 valence electrons. The van der Waals surface area contributed by atoms with E-state index in [9.17, 15) is 4.79 Å². The first-order valence-corrected chi connectivity index (χ1v) is 8.81. The molecule has 2 aromatic rings. The van der Waals surface area contributed by atoms with Crippen LogP contribution in [0, 0.1) is 6.92 Å². The Kier molecular flexibility index (Phi) is 4.81. The third-order valence-corrected chi connectivity index (χ3v) is 4.58. The number of hydrogen-bond donors (Lipinski definition) is 1. The van der Waals surface area contributed by atoms with Crippen LogP contribution >= 0.6 is 0 Å². The van der Waals surface area contributed by atoms with Gasteiger partial charge in [0.25, 0.3) is 5.56 Å². The molecule has 0 saturated carbocycles. The van der Waals surface area contributed by atoms with Gasteiger partial charge >= 0.3 is 0 Å². The van der Waals surface area contributed by atoms with Crippen molar-refractivity contribution < 1.29 is 9.47 Å². The van der Waals surface area contributed by atoms with Crippen LogP contribution in [0.3, 0.4) is 0 Å². The van der Waals surface area contributed by atoms with Gasteiger partial charge in [0.15, 0.2) is 0 Å². The first kappa shape index (κ1) is 16.9. The number of nitrogens with one attached hydrogen (secondary N) is 1. The Morgan fingerprint density at radius 3 is 2.31 bits per heavy atom. The summed E-state index contributed by atoms with van der Waals surface area (Å²) in [6, 6.07) is 1.49. The smallest absolute Gasteiger partial charge is 0.252 e. The molecule has 0 amide bonds. The molecule has 0 atom stereocenters. The molecule has 2 aliphatic heterocycles. The normalized spacial score (nSPS) is 18.2. The number of hydrogen-bond acceptors (Lipinski definition) is 8. The van der Waals surface area contributed by atoms with Crippen molar-refractivity contribution in [3.05, 3.63) is 28.3 Å². The van der Waals surface area contributed by atoms with Gasteiger partial charge in [-0.15, -0.1) is 0 Å². The van der Waals surface area contributed by atoms with E-state index in [2.05, 4.69) is 24.8 Å². The van der Waals surface area contributed by atoms with Crippen LogP contribution in [-0.4, -0.2) is 72.5 Å². The molecule has 2 aromatic heterocycles. The predicted octanol–water partition coefficient (Wildman–Crippen LogP) is 0.209. The summed E-state index contributed by atoms with van der Waals surface area (Å²) in [5.74, 6) is 1.25. The standard InChI is InChI=1S/C17H22N6O3/c1-12-13(11-18-16(19-12)22-2-6-25-7-3-22)14-10-15(24)21-17(20-14)23-4-8-26-9-5-23/h10-11H,2-9H2,1H3,(H,20,21,24). The van der Waals surface area contributed by atoms with Crippen molar-refractivity contribution in [3.8, 4) is 11.3 Å². The fraction of sp³-hybridized carbons (Fsp3) is 0.529. The Labute approximate surface area is 151 Å². The first-order chi connectivity index (χ1) is 12.7. The Balaban J connectivity index is 1.64. The number of H-pyrrole nitrogens is 1. The van der Waals surface area contributed by atoms with Crippen molar-refractivity contribution in [2.45, 2.75) is 6.92 Å². The molecule has 2 saturated heterocycles. The summed E-state index contributed by atoms with van der Waals surface area (Å²) in [4.78, 5) is 32.8. The van der Waals surface area contributed by atoms with Gasteiger partial charge in [0.1, 0.15) is 0 Å². The van der Waals surface area contributed by atoms with E-state index in [1.807, 2.05) is 11.8 Å². The molecule has 0 radical (unpaired) electrons. The molecule has 2 fully saturated rings. The average molecular weight is 358 g/mol. The molecular formula is C17H22N6O3. The summed E-state index contributed by atoms with van der Waals surface area (Å²) in [5, 5.41) is 0. The topological polar surface area (TPSA) is 96.5 Å². The Bertz CT molecular complexity index is 827. The number of rotatable bonds is 3. The highest BCUT2D eigenvalue weighted by atomic mass is 16.5. The summed E-state index contributed by atoms with van der Waals surface area (Å²) in [5.41, 5.74) is 1.96. The van der Waals surface area contributed by atoms with E-state index in [0.717, 1.165) is 24.3 Å². The zero-order valence-corrected chi connectivity index (χ0v) is 14.8. The Morgan fingerprint density at radius 2 is 1.65 bits per heavy atom. The minimum atomic E-state index is -0.187. The van der Waals surface area contributed by atoms with Gasteiger partial charge in [-0.05, 0) is 6.92 Å². The van der Waals surface area contributed by atoms with Gasteiger partial charge in [0, 0.05) is 44.0 Å². The molecule has 0 bridgehead atoms. The number of aromatic amines is 1. The van der Waals surface area contributed by atoms with Crippen molar-refractivity contribution in [2.75, 3.05) is 62.4 Å². The van der Waals surface area contributed by atoms with Crippen molar-refractivity contribution in [3.63, 3.8) is 0 Å². The maximum atomic E-state index is 12.1. The van der Waals surface area contributed by atoms with Gasteiger partial charge in [0.05, 0.1) is 37.8 Å². The second-order valence-corrected chi connectivity index (χ2v) is 6.32. The van der Waals surface area contributed by atoms with E-state index in [4.69, 9.17) is 9.47 Å². The lowest BCUT2D eigenvalue weighted by atomic mass is 10.2. The molecular weight excluding hydrogens is 336 g/mol. The number of anilines is 2. The number of morpholine rings is 2. The minimum Gasteiger partial charge on any atom is -0.378 e. The molecule has 1 N–H and O–H groups in total. The lowest BCUT2D eigenvalue weighted by Crippen LogP contribution is -2.38. The van der Waals surface area contributed by atoms with Crippen LogP contribution in [-0.2, 0) is 9.47 Å². The molecule has 0 aromatic carbocycles. The summed E-state index contributed by atoms with van der Waals surface area (Å²) in [6.07, 6.45) is 1.75.